The number of rotatable bonds is 4. The minimum absolute atomic E-state index is 0.266. The molecule has 3 aromatic rings. The summed E-state index contributed by atoms with van der Waals surface area (Å²) >= 11 is 3.39. The van der Waals surface area contributed by atoms with Gasteiger partial charge in [-0.2, -0.15) is 0 Å². The van der Waals surface area contributed by atoms with Crippen molar-refractivity contribution in [3.05, 3.63) is 58.6 Å². The molecule has 3 heterocycles. The summed E-state index contributed by atoms with van der Waals surface area (Å²) in [6.45, 7) is 5.61. The Morgan fingerprint density at radius 3 is 2.75 bits per heavy atom. The summed E-state index contributed by atoms with van der Waals surface area (Å²) in [5.41, 5.74) is 1.18. The van der Waals surface area contributed by atoms with Crippen LogP contribution >= 0.6 is 15.9 Å². The molecular weight excluding hydrogens is 426 g/mol. The number of ether oxygens (including phenoxy) is 1. The molecule has 0 saturated carbocycles. The second kappa shape index (κ2) is 7.97. The third kappa shape index (κ3) is 5.29. The Kier molecular flexibility index (Phi) is 5.64. The molecule has 0 atom stereocenters. The molecule has 3 rings (SSSR count). The van der Waals surface area contributed by atoms with Gasteiger partial charge >= 0.3 is 6.09 Å². The molecule has 28 heavy (non-hydrogen) atoms. The molecule has 0 aliphatic rings. The zero-order valence-electron chi connectivity index (χ0n) is 15.7. The monoisotopic (exact) mass is 445 g/mol. The van der Waals surface area contributed by atoms with Crippen LogP contribution in [0.1, 0.15) is 36.8 Å². The maximum atomic E-state index is 12.4. The molecule has 0 aliphatic heterocycles. The number of hydrogen-bond donors (Lipinski definition) is 2. The van der Waals surface area contributed by atoms with Crippen LogP contribution in [0.15, 0.2) is 47.3 Å². The number of carbonyl (C=O) groups is 2. The van der Waals surface area contributed by atoms with Crippen LogP contribution < -0.4 is 10.6 Å². The summed E-state index contributed by atoms with van der Waals surface area (Å²) in [6.07, 6.45) is 4.46. The molecule has 0 aromatic carbocycles. The van der Waals surface area contributed by atoms with Crippen molar-refractivity contribution >= 4 is 39.4 Å². The van der Waals surface area contributed by atoms with Gasteiger partial charge in [-0.1, -0.05) is 0 Å². The topological polar surface area (TPSA) is 97.6 Å². The van der Waals surface area contributed by atoms with Crippen molar-refractivity contribution in [2.24, 2.45) is 0 Å². The highest BCUT2D eigenvalue weighted by Gasteiger charge is 2.17. The van der Waals surface area contributed by atoms with E-state index in [4.69, 9.17) is 4.74 Å². The van der Waals surface area contributed by atoms with Crippen molar-refractivity contribution in [2.45, 2.75) is 32.9 Å². The minimum atomic E-state index is -0.598. The van der Waals surface area contributed by atoms with Gasteiger partial charge in [-0.15, -0.1) is 0 Å². The highest BCUT2D eigenvalue weighted by atomic mass is 79.9. The number of imidazole rings is 1. The molecule has 0 unspecified atom stereocenters. The number of hydrogen-bond acceptors (Lipinski definition) is 5. The molecule has 0 spiro atoms. The van der Waals surface area contributed by atoms with Gasteiger partial charge in [0, 0.05) is 29.6 Å². The Morgan fingerprint density at radius 1 is 1.21 bits per heavy atom. The quantitative estimate of drug-likeness (QED) is 0.636. The van der Waals surface area contributed by atoms with Gasteiger partial charge in [-0.05, 0) is 66.5 Å². The van der Waals surface area contributed by atoms with E-state index in [1.165, 1.54) is 0 Å². The molecule has 0 radical (unpaired) electrons. The summed E-state index contributed by atoms with van der Waals surface area (Å²) in [6, 6.07) is 7.10. The fourth-order valence-corrected chi connectivity index (χ4v) is 2.76. The molecule has 9 heteroatoms. The molecule has 8 nitrogen and oxygen atoms in total. The number of amides is 2. The number of aromatic nitrogens is 3. The average Bonchev–Trinajstić information content (AvgIpc) is 3.01. The van der Waals surface area contributed by atoms with E-state index in [0.29, 0.717) is 17.2 Å². The van der Waals surface area contributed by atoms with Crippen LogP contribution in [0.3, 0.4) is 0 Å². The lowest BCUT2D eigenvalue weighted by Gasteiger charge is -2.19. The van der Waals surface area contributed by atoms with Gasteiger partial charge in [0.1, 0.15) is 22.8 Å². The lowest BCUT2D eigenvalue weighted by Crippen LogP contribution is -2.27. The average molecular weight is 446 g/mol. The van der Waals surface area contributed by atoms with Gasteiger partial charge in [0.2, 0.25) is 0 Å². The second-order valence-electron chi connectivity index (χ2n) is 7.10. The van der Waals surface area contributed by atoms with Gasteiger partial charge in [0.05, 0.1) is 0 Å². The van der Waals surface area contributed by atoms with E-state index < -0.39 is 11.7 Å². The molecule has 0 saturated heterocycles. The Morgan fingerprint density at radius 2 is 2.00 bits per heavy atom. The first-order valence-corrected chi connectivity index (χ1v) is 9.36. The first-order valence-electron chi connectivity index (χ1n) is 8.57. The van der Waals surface area contributed by atoms with E-state index in [1.807, 2.05) is 18.3 Å². The van der Waals surface area contributed by atoms with E-state index in [1.54, 1.807) is 49.7 Å². The molecule has 146 valence electrons. The maximum absolute atomic E-state index is 12.4. The van der Waals surface area contributed by atoms with Crippen molar-refractivity contribution in [2.75, 3.05) is 5.32 Å². The van der Waals surface area contributed by atoms with Gasteiger partial charge in [0.15, 0.2) is 0 Å². The zero-order valence-corrected chi connectivity index (χ0v) is 17.3. The molecule has 0 aliphatic carbocycles. The summed E-state index contributed by atoms with van der Waals surface area (Å²) < 4.78 is 7.87. The smallest absolute Gasteiger partial charge is 0.413 e. The van der Waals surface area contributed by atoms with Crippen molar-refractivity contribution in [1.29, 1.82) is 0 Å². The third-order valence-electron chi connectivity index (χ3n) is 3.55. The molecule has 2 N–H and O–H groups in total. The maximum Gasteiger partial charge on any atom is 0.413 e. The second-order valence-corrected chi connectivity index (χ2v) is 8.01. The van der Waals surface area contributed by atoms with Gasteiger partial charge < -0.3 is 14.5 Å². The Bertz CT molecular complexity index is 1030. The highest BCUT2D eigenvalue weighted by molar-refractivity contribution is 9.10. The van der Waals surface area contributed by atoms with E-state index in [2.05, 4.69) is 36.5 Å². The van der Waals surface area contributed by atoms with E-state index in [9.17, 15) is 9.59 Å². The van der Waals surface area contributed by atoms with E-state index in [-0.39, 0.29) is 12.5 Å². The van der Waals surface area contributed by atoms with Crippen molar-refractivity contribution in [3.63, 3.8) is 0 Å². The van der Waals surface area contributed by atoms with Crippen LogP contribution in [0.4, 0.5) is 10.6 Å². The van der Waals surface area contributed by atoms with Crippen molar-refractivity contribution < 1.29 is 14.3 Å². The number of nitrogens with zero attached hydrogens (tertiary/aromatic N) is 3. The van der Waals surface area contributed by atoms with Crippen molar-refractivity contribution in [1.82, 2.24) is 19.7 Å². The van der Waals surface area contributed by atoms with Crippen LogP contribution in [0.2, 0.25) is 0 Å². The van der Waals surface area contributed by atoms with E-state index >= 15 is 0 Å². The third-order valence-corrected chi connectivity index (χ3v) is 4.02. The highest BCUT2D eigenvalue weighted by Crippen LogP contribution is 2.13. The fourth-order valence-electron chi connectivity index (χ4n) is 2.41. The fraction of sp³-hybridized carbons (Fsp3) is 0.263. The number of fused-ring (bicyclic) bond motifs is 1. The Balaban J connectivity index is 1.62. The first-order chi connectivity index (χ1) is 13.2. The lowest BCUT2D eigenvalue weighted by molar-refractivity contribution is 0.0635. The summed E-state index contributed by atoms with van der Waals surface area (Å²) in [5, 5.41) is 5.39. The van der Waals surface area contributed by atoms with Crippen LogP contribution in [-0.4, -0.2) is 32.0 Å². The predicted octanol–water partition coefficient (Wildman–Crippen LogP) is 3.77. The van der Waals surface area contributed by atoms with Crippen LogP contribution in [0.25, 0.3) is 5.65 Å². The standard InChI is InChI=1S/C19H20BrN5O3/c1-19(2,3)28-18(27)24-15-8-12(6-7-21-15)9-22-17(26)14-11-25-10-13(20)4-5-16(25)23-14/h4-8,10-11H,9H2,1-3H3,(H,22,26)(H,21,24,27). The largest absolute Gasteiger partial charge is 0.444 e. The summed E-state index contributed by atoms with van der Waals surface area (Å²) in [5.74, 6) is 0.0527. The summed E-state index contributed by atoms with van der Waals surface area (Å²) in [7, 11) is 0. The first kappa shape index (κ1) is 19.8. The molecule has 2 amide bonds. The van der Waals surface area contributed by atoms with Gasteiger partial charge in [-0.3, -0.25) is 10.1 Å². The van der Waals surface area contributed by atoms with Gasteiger partial charge in [0.25, 0.3) is 5.91 Å². The van der Waals surface area contributed by atoms with E-state index in [0.717, 1.165) is 10.0 Å². The minimum Gasteiger partial charge on any atom is -0.444 e. The lowest BCUT2D eigenvalue weighted by atomic mass is 10.2. The van der Waals surface area contributed by atoms with Crippen LogP contribution in [-0.2, 0) is 11.3 Å². The Labute approximate surface area is 170 Å². The van der Waals surface area contributed by atoms with Crippen LogP contribution in [0, 0.1) is 0 Å². The molecule has 0 bridgehead atoms. The van der Waals surface area contributed by atoms with Crippen LogP contribution in [0.5, 0.6) is 0 Å². The van der Waals surface area contributed by atoms with Crippen molar-refractivity contribution in [3.8, 4) is 0 Å². The van der Waals surface area contributed by atoms with Gasteiger partial charge in [-0.25, -0.2) is 14.8 Å². The summed E-state index contributed by atoms with van der Waals surface area (Å²) in [4.78, 5) is 32.6. The Hall–Kier alpha value is -2.94. The molecule has 0 fully saturated rings. The number of pyridine rings is 2. The molecular formula is C19H20BrN5O3. The number of halogens is 1. The zero-order chi connectivity index (χ0) is 20.3. The molecule has 3 aromatic heterocycles. The number of nitrogens with one attached hydrogen (secondary N) is 2. The SMILES string of the molecule is CC(C)(C)OC(=O)Nc1cc(CNC(=O)c2cn3cc(Br)ccc3n2)ccn1. The predicted molar refractivity (Wildman–Crippen MR) is 108 cm³/mol. The number of carbonyl (C=O) groups excluding carboxylic acids is 2. The number of anilines is 1. The normalized spacial score (nSPS) is 11.3.